The van der Waals surface area contributed by atoms with Gasteiger partial charge in [0.1, 0.15) is 5.82 Å². The highest BCUT2D eigenvalue weighted by atomic mass is 79.9. The number of aromatic nitrogens is 2. The van der Waals surface area contributed by atoms with Gasteiger partial charge in [0.2, 0.25) is 0 Å². The molecule has 186 valence electrons. The number of fused-ring (bicyclic) bond motifs is 1. The van der Waals surface area contributed by atoms with Crippen LogP contribution in [0.1, 0.15) is 51.4 Å². The summed E-state index contributed by atoms with van der Waals surface area (Å²) in [5, 5.41) is 4.99. The molecular formula is C25H27Br2N3O5. The number of benzene rings is 2. The zero-order valence-corrected chi connectivity index (χ0v) is 23.2. The lowest BCUT2D eigenvalue weighted by Gasteiger charge is -2.15. The summed E-state index contributed by atoms with van der Waals surface area (Å²) >= 11 is 6.94. The highest BCUT2D eigenvalue weighted by Gasteiger charge is 2.17. The maximum Gasteiger partial charge on any atom is 0.344 e. The molecular weight excluding hydrogens is 582 g/mol. The molecule has 1 atom stereocenters. The second kappa shape index (κ2) is 12.3. The minimum atomic E-state index is -0.468. The Kier molecular flexibility index (Phi) is 9.45. The first-order valence-corrected chi connectivity index (χ1v) is 12.9. The average Bonchev–Trinajstić information content (AvgIpc) is 2.84. The van der Waals surface area contributed by atoms with Gasteiger partial charge in [-0.3, -0.25) is 4.79 Å². The minimum Gasteiger partial charge on any atom is -0.490 e. The number of nitrogens with zero attached hydrogens (tertiary/aromatic N) is 3. The van der Waals surface area contributed by atoms with Gasteiger partial charge in [0.05, 0.1) is 30.3 Å². The van der Waals surface area contributed by atoms with Crippen LogP contribution in [-0.2, 0) is 9.53 Å². The van der Waals surface area contributed by atoms with Crippen molar-refractivity contribution in [1.82, 2.24) is 9.66 Å². The highest BCUT2D eigenvalue weighted by molar-refractivity contribution is 9.10. The summed E-state index contributed by atoms with van der Waals surface area (Å²) in [7, 11) is 0. The maximum atomic E-state index is 13.3. The van der Waals surface area contributed by atoms with Crippen LogP contribution >= 0.6 is 31.9 Å². The topological polar surface area (TPSA) is 92.0 Å². The van der Waals surface area contributed by atoms with E-state index in [1.165, 1.54) is 4.68 Å². The van der Waals surface area contributed by atoms with Crippen molar-refractivity contribution in [3.63, 3.8) is 0 Å². The summed E-state index contributed by atoms with van der Waals surface area (Å²) in [5.74, 6) is 0.965. The van der Waals surface area contributed by atoms with E-state index in [2.05, 4.69) is 37.0 Å². The SMILES string of the molecule is CCOC(=O)COc1cc(Br)c(C=Nn2c([C@H](C)CC)nc3ccc(Br)cc3c2=O)cc1OCC. The van der Waals surface area contributed by atoms with Crippen molar-refractivity contribution < 1.29 is 19.0 Å². The van der Waals surface area contributed by atoms with E-state index in [1.807, 2.05) is 32.9 Å². The molecule has 8 nitrogen and oxygen atoms in total. The summed E-state index contributed by atoms with van der Waals surface area (Å²) < 4.78 is 19.0. The van der Waals surface area contributed by atoms with Crippen molar-refractivity contribution in [2.75, 3.05) is 19.8 Å². The molecule has 1 aromatic heterocycles. The van der Waals surface area contributed by atoms with Crippen LogP contribution in [-0.4, -0.2) is 41.7 Å². The smallest absolute Gasteiger partial charge is 0.344 e. The Morgan fingerprint density at radius 3 is 2.54 bits per heavy atom. The Bertz CT molecular complexity index is 1310. The average molecular weight is 609 g/mol. The molecule has 0 aliphatic heterocycles. The molecule has 35 heavy (non-hydrogen) atoms. The zero-order valence-electron chi connectivity index (χ0n) is 20.0. The fourth-order valence-electron chi connectivity index (χ4n) is 3.27. The molecule has 0 aliphatic carbocycles. The fourth-order valence-corrected chi connectivity index (χ4v) is 4.06. The summed E-state index contributed by atoms with van der Waals surface area (Å²) in [6.07, 6.45) is 2.37. The van der Waals surface area contributed by atoms with Crippen molar-refractivity contribution in [2.24, 2.45) is 5.10 Å². The third kappa shape index (κ3) is 6.49. The van der Waals surface area contributed by atoms with Crippen LogP contribution in [0, 0.1) is 0 Å². The largest absolute Gasteiger partial charge is 0.490 e. The lowest BCUT2D eigenvalue weighted by molar-refractivity contribution is -0.145. The number of hydrogen-bond donors (Lipinski definition) is 0. The highest BCUT2D eigenvalue weighted by Crippen LogP contribution is 2.33. The van der Waals surface area contributed by atoms with Gasteiger partial charge in [-0.2, -0.15) is 9.78 Å². The maximum absolute atomic E-state index is 13.3. The molecule has 0 N–H and O–H groups in total. The molecule has 0 radical (unpaired) electrons. The van der Waals surface area contributed by atoms with Crippen molar-refractivity contribution in [3.8, 4) is 11.5 Å². The standard InChI is InChI=1S/C25H27Br2N3O5/c1-5-15(4)24-29-20-9-8-17(26)11-18(20)25(32)30(24)28-13-16-10-21(33-6-2)22(12-19(16)27)35-14-23(31)34-7-3/h8-13,15H,5-7,14H2,1-4H3/t15-/m1/s1. The molecule has 0 saturated heterocycles. The van der Waals surface area contributed by atoms with E-state index in [0.29, 0.717) is 44.9 Å². The quantitative estimate of drug-likeness (QED) is 0.218. The Labute approximate surface area is 220 Å². The van der Waals surface area contributed by atoms with Crippen molar-refractivity contribution in [1.29, 1.82) is 0 Å². The lowest BCUT2D eigenvalue weighted by Crippen LogP contribution is -2.23. The van der Waals surface area contributed by atoms with Crippen molar-refractivity contribution >= 4 is 54.9 Å². The predicted molar refractivity (Wildman–Crippen MR) is 143 cm³/mol. The summed E-state index contributed by atoms with van der Waals surface area (Å²) in [6.45, 7) is 8.07. The summed E-state index contributed by atoms with van der Waals surface area (Å²) in [4.78, 5) is 29.8. The van der Waals surface area contributed by atoms with Crippen molar-refractivity contribution in [2.45, 2.75) is 40.0 Å². The number of carbonyl (C=O) groups is 1. The number of ether oxygens (including phenoxy) is 3. The van der Waals surface area contributed by atoms with E-state index in [-0.39, 0.29) is 24.7 Å². The fraction of sp³-hybridized carbons (Fsp3) is 0.360. The van der Waals surface area contributed by atoms with Gasteiger partial charge in [-0.1, -0.05) is 29.8 Å². The summed E-state index contributed by atoms with van der Waals surface area (Å²) in [6, 6.07) is 8.85. The predicted octanol–water partition coefficient (Wildman–Crippen LogP) is 5.66. The number of rotatable bonds is 10. The molecule has 0 spiro atoms. The van der Waals surface area contributed by atoms with E-state index in [1.54, 1.807) is 31.3 Å². The first-order chi connectivity index (χ1) is 16.8. The molecule has 3 aromatic rings. The van der Waals surface area contributed by atoms with E-state index < -0.39 is 5.97 Å². The van der Waals surface area contributed by atoms with Crippen LogP contribution in [0.2, 0.25) is 0 Å². The van der Waals surface area contributed by atoms with Gasteiger partial charge in [-0.05, 0) is 66.5 Å². The Hall–Kier alpha value is -2.72. The van der Waals surface area contributed by atoms with E-state index in [0.717, 1.165) is 10.9 Å². The number of esters is 1. The Morgan fingerprint density at radius 1 is 1.11 bits per heavy atom. The molecule has 2 aromatic carbocycles. The molecule has 0 unspecified atom stereocenters. The molecule has 0 bridgehead atoms. The normalized spacial score (nSPS) is 12.2. The first kappa shape index (κ1) is 26.9. The van der Waals surface area contributed by atoms with Crippen LogP contribution in [0.4, 0.5) is 0 Å². The van der Waals surface area contributed by atoms with Gasteiger partial charge >= 0.3 is 5.97 Å². The van der Waals surface area contributed by atoms with Gasteiger partial charge in [0.15, 0.2) is 18.1 Å². The molecule has 1 heterocycles. The van der Waals surface area contributed by atoms with Gasteiger partial charge in [0.25, 0.3) is 5.56 Å². The van der Waals surface area contributed by atoms with E-state index >= 15 is 0 Å². The molecule has 0 saturated carbocycles. The Morgan fingerprint density at radius 2 is 1.86 bits per heavy atom. The summed E-state index contributed by atoms with van der Waals surface area (Å²) in [5.41, 5.74) is 1.04. The van der Waals surface area contributed by atoms with E-state index in [4.69, 9.17) is 19.2 Å². The molecule has 10 heteroatoms. The van der Waals surface area contributed by atoms with Gasteiger partial charge in [-0.25, -0.2) is 9.78 Å². The number of hydrogen-bond acceptors (Lipinski definition) is 7. The second-order valence-corrected chi connectivity index (χ2v) is 9.42. The third-order valence-corrected chi connectivity index (χ3v) is 6.39. The van der Waals surface area contributed by atoms with Crippen LogP contribution in [0.25, 0.3) is 10.9 Å². The van der Waals surface area contributed by atoms with Gasteiger partial charge in [0, 0.05) is 20.4 Å². The second-order valence-electron chi connectivity index (χ2n) is 7.65. The minimum absolute atomic E-state index is 0.0222. The third-order valence-electron chi connectivity index (χ3n) is 5.21. The Balaban J connectivity index is 2.04. The van der Waals surface area contributed by atoms with Crippen molar-refractivity contribution in [3.05, 3.63) is 61.0 Å². The van der Waals surface area contributed by atoms with Crippen LogP contribution in [0.3, 0.4) is 0 Å². The van der Waals surface area contributed by atoms with Crippen LogP contribution < -0.4 is 15.0 Å². The van der Waals surface area contributed by atoms with E-state index in [9.17, 15) is 9.59 Å². The zero-order chi connectivity index (χ0) is 25.5. The monoisotopic (exact) mass is 607 g/mol. The molecule has 0 aliphatic rings. The number of carbonyl (C=O) groups excluding carboxylic acids is 1. The van der Waals surface area contributed by atoms with Crippen LogP contribution in [0.5, 0.6) is 11.5 Å². The molecule has 3 rings (SSSR count). The van der Waals surface area contributed by atoms with Crippen LogP contribution in [0.15, 0.2) is 49.2 Å². The number of halogens is 2. The van der Waals surface area contributed by atoms with Gasteiger partial charge in [-0.15, -0.1) is 0 Å². The first-order valence-electron chi connectivity index (χ1n) is 11.3. The lowest BCUT2D eigenvalue weighted by atomic mass is 10.1. The molecule has 0 amide bonds. The molecule has 0 fully saturated rings. The van der Waals surface area contributed by atoms with Gasteiger partial charge < -0.3 is 14.2 Å².